The topological polar surface area (TPSA) is 49.9 Å². The molecule has 0 aliphatic carbocycles. The van der Waals surface area contributed by atoms with Crippen LogP contribution >= 0.6 is 0 Å². The predicted molar refractivity (Wildman–Crippen MR) is 139 cm³/mol. The highest BCUT2D eigenvalue weighted by Gasteiger charge is 2.27. The first-order chi connectivity index (χ1) is 17.5. The molecule has 0 radical (unpaired) electrons. The van der Waals surface area contributed by atoms with Crippen LogP contribution < -0.4 is 4.74 Å². The summed E-state index contributed by atoms with van der Waals surface area (Å²) in [6, 6.07) is 22.8. The third-order valence-electron chi connectivity index (χ3n) is 6.63. The highest BCUT2D eigenvalue weighted by atomic mass is 19.1. The molecule has 3 aromatic carbocycles. The minimum atomic E-state index is -0.435. The van der Waals surface area contributed by atoms with Crippen LogP contribution in [0, 0.1) is 5.82 Å². The van der Waals surface area contributed by atoms with Crippen LogP contribution in [0.25, 0.3) is 0 Å². The molecule has 6 heteroatoms. The lowest BCUT2D eigenvalue weighted by molar-refractivity contribution is 0.0599. The van der Waals surface area contributed by atoms with Gasteiger partial charge in [0.25, 0.3) is 11.8 Å². The van der Waals surface area contributed by atoms with Crippen LogP contribution in [0.4, 0.5) is 4.39 Å². The van der Waals surface area contributed by atoms with Gasteiger partial charge in [0.2, 0.25) is 0 Å². The van der Waals surface area contributed by atoms with Crippen molar-refractivity contribution in [3.8, 4) is 5.75 Å². The summed E-state index contributed by atoms with van der Waals surface area (Å²) in [4.78, 5) is 30.4. The van der Waals surface area contributed by atoms with Crippen LogP contribution in [-0.2, 0) is 6.42 Å². The first-order valence-electron chi connectivity index (χ1n) is 12.6. The SMILES string of the molecule is CN1CCCCCCN(C(=O)c2cccc(F)c2)[C@@H](Cc2ccccc2)COc2ccccc2C1=O. The number of amides is 2. The molecule has 0 aromatic heterocycles. The van der Waals surface area contributed by atoms with Gasteiger partial charge in [-0.2, -0.15) is 0 Å². The molecule has 0 saturated heterocycles. The van der Waals surface area contributed by atoms with E-state index in [0.29, 0.717) is 36.4 Å². The zero-order chi connectivity index (χ0) is 25.3. The molecular weight excluding hydrogens is 455 g/mol. The third kappa shape index (κ3) is 6.51. The number of carbonyl (C=O) groups is 2. The van der Waals surface area contributed by atoms with Crippen molar-refractivity contribution >= 4 is 11.8 Å². The summed E-state index contributed by atoms with van der Waals surface area (Å²) in [5.41, 5.74) is 1.92. The van der Waals surface area contributed by atoms with E-state index in [0.717, 1.165) is 31.2 Å². The first-order valence-corrected chi connectivity index (χ1v) is 12.6. The molecular formula is C30H33FN2O3. The molecule has 0 fully saturated rings. The van der Waals surface area contributed by atoms with Crippen molar-refractivity contribution < 1.29 is 18.7 Å². The smallest absolute Gasteiger partial charge is 0.257 e. The molecule has 0 saturated carbocycles. The summed E-state index contributed by atoms with van der Waals surface area (Å²) in [5, 5.41) is 0. The second kappa shape index (κ2) is 12.3. The summed E-state index contributed by atoms with van der Waals surface area (Å²) >= 11 is 0. The quantitative estimate of drug-likeness (QED) is 0.482. The Hall–Kier alpha value is -3.67. The number of hydrogen-bond acceptors (Lipinski definition) is 3. The number of ether oxygens (including phenoxy) is 1. The number of halogens is 1. The average molecular weight is 489 g/mol. The van der Waals surface area contributed by atoms with Crippen molar-refractivity contribution in [2.75, 3.05) is 26.7 Å². The standard InChI is InChI=1S/C30H33FN2O3/c1-32-18-9-2-3-10-19-33(29(34)24-14-11-15-25(31)21-24)26(20-23-12-5-4-6-13-23)22-36-28-17-8-7-16-27(28)30(32)35/h4-8,11-17,21,26H,2-3,9-10,18-20,22H2,1H3/t26-/m0/s1. The highest BCUT2D eigenvalue weighted by Crippen LogP contribution is 2.23. The fraction of sp³-hybridized carbons (Fsp3) is 0.333. The number of benzene rings is 3. The van der Waals surface area contributed by atoms with Crippen molar-refractivity contribution in [3.63, 3.8) is 0 Å². The molecule has 1 aliphatic heterocycles. The van der Waals surface area contributed by atoms with Gasteiger partial charge in [0.1, 0.15) is 18.2 Å². The Labute approximate surface area is 212 Å². The molecule has 0 N–H and O–H groups in total. The van der Waals surface area contributed by atoms with Gasteiger partial charge in [-0.25, -0.2) is 4.39 Å². The first kappa shape index (κ1) is 25.4. The van der Waals surface area contributed by atoms with Gasteiger partial charge in [0, 0.05) is 25.7 Å². The van der Waals surface area contributed by atoms with E-state index < -0.39 is 5.82 Å². The van der Waals surface area contributed by atoms with Crippen LogP contribution in [0.2, 0.25) is 0 Å². The lowest BCUT2D eigenvalue weighted by atomic mass is 10.0. The maximum Gasteiger partial charge on any atom is 0.257 e. The van der Waals surface area contributed by atoms with E-state index in [1.165, 1.54) is 12.1 Å². The molecule has 1 atom stereocenters. The van der Waals surface area contributed by atoms with Gasteiger partial charge < -0.3 is 14.5 Å². The Kier molecular flexibility index (Phi) is 8.71. The highest BCUT2D eigenvalue weighted by molar-refractivity contribution is 5.97. The van der Waals surface area contributed by atoms with E-state index in [1.807, 2.05) is 54.4 Å². The van der Waals surface area contributed by atoms with E-state index >= 15 is 0 Å². The maximum absolute atomic E-state index is 14.0. The fourth-order valence-corrected chi connectivity index (χ4v) is 4.63. The molecule has 3 aromatic rings. The maximum atomic E-state index is 14.0. The van der Waals surface area contributed by atoms with E-state index in [4.69, 9.17) is 4.74 Å². The summed E-state index contributed by atoms with van der Waals surface area (Å²) in [6.45, 7) is 1.42. The predicted octanol–water partition coefficient (Wildman–Crippen LogP) is 5.60. The van der Waals surface area contributed by atoms with Gasteiger partial charge in [-0.3, -0.25) is 9.59 Å². The number of fused-ring (bicyclic) bond motifs is 1. The number of hydrogen-bond donors (Lipinski definition) is 0. The molecule has 0 spiro atoms. The number of nitrogens with zero attached hydrogens (tertiary/aromatic N) is 2. The van der Waals surface area contributed by atoms with Crippen molar-refractivity contribution in [1.82, 2.24) is 9.80 Å². The molecule has 1 aliphatic rings. The van der Waals surface area contributed by atoms with E-state index in [1.54, 1.807) is 29.2 Å². The molecule has 0 unspecified atom stereocenters. The van der Waals surface area contributed by atoms with Gasteiger partial charge in [0.05, 0.1) is 11.6 Å². The number of rotatable bonds is 3. The Morgan fingerprint density at radius 1 is 0.917 bits per heavy atom. The van der Waals surface area contributed by atoms with Gasteiger partial charge in [-0.15, -0.1) is 0 Å². The lowest BCUT2D eigenvalue weighted by Crippen LogP contribution is -2.45. The zero-order valence-corrected chi connectivity index (χ0v) is 20.7. The third-order valence-corrected chi connectivity index (χ3v) is 6.63. The van der Waals surface area contributed by atoms with Crippen LogP contribution in [0.15, 0.2) is 78.9 Å². The summed E-state index contributed by atoms with van der Waals surface area (Å²) in [6.07, 6.45) is 4.18. The molecule has 0 bridgehead atoms. The monoisotopic (exact) mass is 488 g/mol. The van der Waals surface area contributed by atoms with Crippen molar-refractivity contribution in [1.29, 1.82) is 0 Å². The van der Waals surface area contributed by atoms with Gasteiger partial charge in [0.15, 0.2) is 0 Å². The largest absolute Gasteiger partial charge is 0.491 e. The fourth-order valence-electron chi connectivity index (χ4n) is 4.63. The summed E-state index contributed by atoms with van der Waals surface area (Å²) in [7, 11) is 1.82. The van der Waals surface area contributed by atoms with Crippen molar-refractivity contribution in [2.45, 2.75) is 38.1 Å². The van der Waals surface area contributed by atoms with E-state index in [2.05, 4.69) is 0 Å². The minimum absolute atomic E-state index is 0.0741. The lowest BCUT2D eigenvalue weighted by Gasteiger charge is -2.33. The van der Waals surface area contributed by atoms with Gasteiger partial charge >= 0.3 is 0 Å². The Bertz CT molecular complexity index is 1170. The van der Waals surface area contributed by atoms with Crippen LogP contribution in [0.1, 0.15) is 52.0 Å². The molecule has 1 heterocycles. The van der Waals surface area contributed by atoms with Crippen LogP contribution in [0.3, 0.4) is 0 Å². The number of carbonyl (C=O) groups excluding carboxylic acids is 2. The molecule has 5 nitrogen and oxygen atoms in total. The summed E-state index contributed by atoms with van der Waals surface area (Å²) in [5.74, 6) is -0.219. The van der Waals surface area contributed by atoms with Crippen LogP contribution in [-0.4, -0.2) is 54.4 Å². The Balaban J connectivity index is 1.69. The van der Waals surface area contributed by atoms with Crippen LogP contribution in [0.5, 0.6) is 5.75 Å². The van der Waals surface area contributed by atoms with Gasteiger partial charge in [-0.05, 0) is 55.2 Å². The van der Waals surface area contributed by atoms with E-state index in [9.17, 15) is 14.0 Å². The summed E-state index contributed by atoms with van der Waals surface area (Å²) < 4.78 is 20.2. The minimum Gasteiger partial charge on any atom is -0.491 e. The number of para-hydroxylation sites is 1. The second-order valence-electron chi connectivity index (χ2n) is 9.30. The molecule has 2 amide bonds. The Morgan fingerprint density at radius 3 is 2.42 bits per heavy atom. The van der Waals surface area contributed by atoms with Gasteiger partial charge in [-0.1, -0.05) is 61.4 Å². The van der Waals surface area contributed by atoms with E-state index in [-0.39, 0.29) is 24.5 Å². The Morgan fingerprint density at radius 2 is 1.64 bits per heavy atom. The molecule has 188 valence electrons. The normalized spacial score (nSPS) is 17.6. The molecule has 4 rings (SSSR count). The average Bonchev–Trinajstić information content (AvgIpc) is 2.90. The molecule has 36 heavy (non-hydrogen) atoms. The van der Waals surface area contributed by atoms with Crippen molar-refractivity contribution in [3.05, 3.63) is 101 Å². The second-order valence-corrected chi connectivity index (χ2v) is 9.30. The van der Waals surface area contributed by atoms with Crippen molar-refractivity contribution in [2.24, 2.45) is 0 Å². The zero-order valence-electron chi connectivity index (χ0n) is 20.7.